The van der Waals surface area contributed by atoms with E-state index in [2.05, 4.69) is 24.1 Å². The van der Waals surface area contributed by atoms with Gasteiger partial charge in [-0.2, -0.15) is 0 Å². The Morgan fingerprint density at radius 3 is 2.27 bits per heavy atom. The van der Waals surface area contributed by atoms with Gasteiger partial charge in [-0.3, -0.25) is 4.79 Å². The smallest absolute Gasteiger partial charge is 0.241 e. The fraction of sp³-hybridized carbons (Fsp3) is 0.611. The van der Waals surface area contributed by atoms with Crippen LogP contribution in [-0.2, 0) is 4.79 Å². The van der Waals surface area contributed by atoms with Crippen molar-refractivity contribution in [1.29, 1.82) is 0 Å². The standard InChI is InChI=1S/C18H31N3O/c1-4-12-21(13-5-2)14-6-11-20-18(22)17(19)16-9-7-15(3)8-10-16/h7-10,17H,4-6,11-14,19H2,1-3H3,(H,20,22). The van der Waals surface area contributed by atoms with Crippen LogP contribution in [0.15, 0.2) is 24.3 Å². The number of aryl methyl sites for hydroxylation is 1. The van der Waals surface area contributed by atoms with E-state index >= 15 is 0 Å². The van der Waals surface area contributed by atoms with Gasteiger partial charge in [-0.05, 0) is 51.4 Å². The van der Waals surface area contributed by atoms with Gasteiger partial charge in [-0.1, -0.05) is 43.7 Å². The Balaban J connectivity index is 2.31. The van der Waals surface area contributed by atoms with E-state index in [1.165, 1.54) is 18.4 Å². The minimum Gasteiger partial charge on any atom is -0.354 e. The first-order valence-corrected chi connectivity index (χ1v) is 8.40. The van der Waals surface area contributed by atoms with Crippen LogP contribution in [0, 0.1) is 6.92 Å². The van der Waals surface area contributed by atoms with Gasteiger partial charge in [0.1, 0.15) is 6.04 Å². The fourth-order valence-corrected chi connectivity index (χ4v) is 2.52. The molecule has 0 bridgehead atoms. The summed E-state index contributed by atoms with van der Waals surface area (Å²) in [6, 6.07) is 7.22. The number of hydrogen-bond acceptors (Lipinski definition) is 3. The van der Waals surface area contributed by atoms with E-state index in [1.54, 1.807) is 0 Å². The SMILES string of the molecule is CCCN(CCC)CCCNC(=O)C(N)c1ccc(C)cc1. The third-order valence-electron chi connectivity index (χ3n) is 3.75. The Morgan fingerprint density at radius 1 is 1.14 bits per heavy atom. The van der Waals surface area contributed by atoms with E-state index in [1.807, 2.05) is 31.2 Å². The summed E-state index contributed by atoms with van der Waals surface area (Å²) < 4.78 is 0. The topological polar surface area (TPSA) is 58.4 Å². The Kier molecular flexibility index (Phi) is 8.78. The molecule has 0 aliphatic heterocycles. The maximum Gasteiger partial charge on any atom is 0.241 e. The van der Waals surface area contributed by atoms with Crippen molar-refractivity contribution >= 4 is 5.91 Å². The summed E-state index contributed by atoms with van der Waals surface area (Å²) >= 11 is 0. The summed E-state index contributed by atoms with van der Waals surface area (Å²) in [6.45, 7) is 10.4. The Morgan fingerprint density at radius 2 is 1.73 bits per heavy atom. The number of rotatable bonds is 10. The van der Waals surface area contributed by atoms with Gasteiger partial charge in [0.25, 0.3) is 0 Å². The minimum absolute atomic E-state index is 0.0959. The van der Waals surface area contributed by atoms with Crippen LogP contribution in [0.4, 0.5) is 0 Å². The van der Waals surface area contributed by atoms with Gasteiger partial charge in [0.05, 0.1) is 0 Å². The van der Waals surface area contributed by atoms with Crippen molar-refractivity contribution in [3.8, 4) is 0 Å². The van der Waals surface area contributed by atoms with Crippen LogP contribution in [0.2, 0.25) is 0 Å². The first-order valence-electron chi connectivity index (χ1n) is 8.40. The molecule has 3 N–H and O–H groups in total. The molecule has 0 saturated carbocycles. The average Bonchev–Trinajstić information content (AvgIpc) is 2.51. The highest BCUT2D eigenvalue weighted by atomic mass is 16.2. The zero-order chi connectivity index (χ0) is 16.4. The first kappa shape index (κ1) is 18.7. The molecule has 1 rings (SSSR count). The third-order valence-corrected chi connectivity index (χ3v) is 3.75. The number of nitrogens with one attached hydrogen (secondary N) is 1. The van der Waals surface area contributed by atoms with Crippen molar-refractivity contribution in [1.82, 2.24) is 10.2 Å². The molecule has 1 atom stereocenters. The van der Waals surface area contributed by atoms with E-state index in [0.717, 1.165) is 31.6 Å². The summed E-state index contributed by atoms with van der Waals surface area (Å²) in [5, 5.41) is 2.94. The molecule has 0 heterocycles. The maximum atomic E-state index is 12.1. The first-order chi connectivity index (χ1) is 10.6. The highest BCUT2D eigenvalue weighted by Gasteiger charge is 2.14. The number of nitrogens with zero attached hydrogens (tertiary/aromatic N) is 1. The van der Waals surface area contributed by atoms with Crippen molar-refractivity contribution < 1.29 is 4.79 Å². The van der Waals surface area contributed by atoms with Crippen LogP contribution in [0.5, 0.6) is 0 Å². The van der Waals surface area contributed by atoms with Gasteiger partial charge in [0, 0.05) is 6.54 Å². The monoisotopic (exact) mass is 305 g/mol. The van der Waals surface area contributed by atoms with Crippen LogP contribution in [0.1, 0.15) is 50.3 Å². The molecule has 0 aliphatic rings. The summed E-state index contributed by atoms with van der Waals surface area (Å²) in [7, 11) is 0. The normalized spacial score (nSPS) is 12.4. The predicted molar refractivity (Wildman–Crippen MR) is 92.8 cm³/mol. The number of benzene rings is 1. The van der Waals surface area contributed by atoms with Crippen molar-refractivity contribution in [2.75, 3.05) is 26.2 Å². The molecule has 0 aliphatic carbocycles. The van der Waals surface area contributed by atoms with Gasteiger partial charge in [-0.25, -0.2) is 0 Å². The van der Waals surface area contributed by atoms with E-state index in [0.29, 0.717) is 6.54 Å². The van der Waals surface area contributed by atoms with E-state index in [9.17, 15) is 4.79 Å². The highest BCUT2D eigenvalue weighted by Crippen LogP contribution is 2.11. The highest BCUT2D eigenvalue weighted by molar-refractivity contribution is 5.82. The van der Waals surface area contributed by atoms with Crippen LogP contribution in [0.25, 0.3) is 0 Å². The van der Waals surface area contributed by atoms with Gasteiger partial charge in [0.15, 0.2) is 0 Å². The third kappa shape index (κ3) is 6.58. The van der Waals surface area contributed by atoms with Gasteiger partial charge >= 0.3 is 0 Å². The largest absolute Gasteiger partial charge is 0.354 e. The van der Waals surface area contributed by atoms with Crippen LogP contribution >= 0.6 is 0 Å². The lowest BCUT2D eigenvalue weighted by Gasteiger charge is -2.21. The molecule has 4 nitrogen and oxygen atoms in total. The molecule has 0 fully saturated rings. The molecule has 22 heavy (non-hydrogen) atoms. The molecule has 0 spiro atoms. The predicted octanol–water partition coefficient (Wildman–Crippen LogP) is 2.62. The number of carbonyl (C=O) groups is 1. The zero-order valence-corrected chi connectivity index (χ0v) is 14.3. The fourth-order valence-electron chi connectivity index (χ4n) is 2.52. The molecular weight excluding hydrogens is 274 g/mol. The molecule has 0 radical (unpaired) electrons. The second kappa shape index (κ2) is 10.4. The molecular formula is C18H31N3O. The number of amides is 1. The van der Waals surface area contributed by atoms with Crippen molar-refractivity contribution in [3.05, 3.63) is 35.4 Å². The summed E-state index contributed by atoms with van der Waals surface area (Å²) in [6.07, 6.45) is 3.31. The second-order valence-corrected chi connectivity index (χ2v) is 5.87. The number of hydrogen-bond donors (Lipinski definition) is 2. The Hall–Kier alpha value is -1.39. The summed E-state index contributed by atoms with van der Waals surface area (Å²) in [5.41, 5.74) is 8.04. The maximum absolute atomic E-state index is 12.1. The average molecular weight is 305 g/mol. The summed E-state index contributed by atoms with van der Waals surface area (Å²) in [5.74, 6) is -0.0959. The van der Waals surface area contributed by atoms with E-state index < -0.39 is 6.04 Å². The lowest BCUT2D eigenvalue weighted by molar-refractivity contribution is -0.122. The molecule has 1 amide bonds. The van der Waals surface area contributed by atoms with E-state index in [-0.39, 0.29) is 5.91 Å². The quantitative estimate of drug-likeness (QED) is 0.653. The zero-order valence-electron chi connectivity index (χ0n) is 14.3. The molecule has 0 aromatic heterocycles. The second-order valence-electron chi connectivity index (χ2n) is 5.87. The van der Waals surface area contributed by atoms with Gasteiger partial charge in [-0.15, -0.1) is 0 Å². The van der Waals surface area contributed by atoms with E-state index in [4.69, 9.17) is 5.73 Å². The van der Waals surface area contributed by atoms with Crippen molar-refractivity contribution in [2.24, 2.45) is 5.73 Å². The molecule has 1 aromatic carbocycles. The Labute approximate surface area is 135 Å². The van der Waals surface area contributed by atoms with Crippen LogP contribution < -0.4 is 11.1 Å². The van der Waals surface area contributed by atoms with Gasteiger partial charge in [0.2, 0.25) is 5.91 Å². The minimum atomic E-state index is -0.581. The van der Waals surface area contributed by atoms with Crippen molar-refractivity contribution in [2.45, 2.75) is 46.1 Å². The number of nitrogens with two attached hydrogens (primary N) is 1. The lowest BCUT2D eigenvalue weighted by Crippen LogP contribution is -2.36. The van der Waals surface area contributed by atoms with Crippen LogP contribution in [0.3, 0.4) is 0 Å². The molecule has 1 aromatic rings. The molecule has 0 saturated heterocycles. The summed E-state index contributed by atoms with van der Waals surface area (Å²) in [4.78, 5) is 14.5. The number of carbonyl (C=O) groups excluding carboxylic acids is 1. The molecule has 1 unspecified atom stereocenters. The molecule has 124 valence electrons. The lowest BCUT2D eigenvalue weighted by atomic mass is 10.1. The Bertz CT molecular complexity index is 424. The van der Waals surface area contributed by atoms with Gasteiger partial charge < -0.3 is 16.0 Å². The van der Waals surface area contributed by atoms with Crippen molar-refractivity contribution in [3.63, 3.8) is 0 Å². The van der Waals surface area contributed by atoms with Crippen LogP contribution in [-0.4, -0.2) is 37.0 Å². The molecule has 4 heteroatoms.